The fourth-order valence-electron chi connectivity index (χ4n) is 4.35. The van der Waals surface area contributed by atoms with Gasteiger partial charge in [0.05, 0.1) is 17.3 Å². The molecule has 0 radical (unpaired) electrons. The van der Waals surface area contributed by atoms with Crippen LogP contribution in [0.25, 0.3) is 10.9 Å². The van der Waals surface area contributed by atoms with E-state index in [2.05, 4.69) is 24.8 Å². The minimum atomic E-state index is -4.40. The highest BCUT2D eigenvalue weighted by atomic mass is 19.4. The van der Waals surface area contributed by atoms with Crippen LogP contribution < -0.4 is 9.80 Å². The fraction of sp³-hybridized carbons (Fsp3) is 0.368. The van der Waals surface area contributed by atoms with Crippen LogP contribution in [-0.4, -0.2) is 46.1 Å². The molecule has 6 nitrogen and oxygen atoms in total. The summed E-state index contributed by atoms with van der Waals surface area (Å²) >= 11 is 0. The number of fused-ring (bicyclic) bond motifs is 2. The van der Waals surface area contributed by atoms with E-state index in [0.29, 0.717) is 13.1 Å². The van der Waals surface area contributed by atoms with E-state index >= 15 is 0 Å². The maximum atomic E-state index is 13.3. The fourth-order valence-corrected chi connectivity index (χ4v) is 4.35. The van der Waals surface area contributed by atoms with Crippen LogP contribution in [0.15, 0.2) is 43.1 Å². The topological polar surface area (TPSA) is 58.0 Å². The largest absolute Gasteiger partial charge is 0.419 e. The summed E-state index contributed by atoms with van der Waals surface area (Å²) in [5.41, 5.74) is 0.121. The number of aromatic nitrogens is 4. The number of pyridine rings is 2. The van der Waals surface area contributed by atoms with E-state index in [4.69, 9.17) is 0 Å². The van der Waals surface area contributed by atoms with Crippen LogP contribution in [0.4, 0.5) is 24.8 Å². The van der Waals surface area contributed by atoms with Gasteiger partial charge in [-0.2, -0.15) is 13.2 Å². The van der Waals surface area contributed by atoms with E-state index in [-0.39, 0.29) is 17.7 Å². The summed E-state index contributed by atoms with van der Waals surface area (Å²) in [6.45, 7) is 2.63. The minimum absolute atomic E-state index is 0.0366. The molecule has 0 aromatic carbocycles. The van der Waals surface area contributed by atoms with E-state index in [1.807, 2.05) is 6.07 Å². The van der Waals surface area contributed by atoms with Gasteiger partial charge in [0, 0.05) is 55.8 Å². The highest BCUT2D eigenvalue weighted by Gasteiger charge is 2.44. The zero-order valence-electron chi connectivity index (χ0n) is 14.8. The van der Waals surface area contributed by atoms with Gasteiger partial charge in [-0.3, -0.25) is 4.98 Å². The summed E-state index contributed by atoms with van der Waals surface area (Å²) in [6.07, 6.45) is 1.98. The van der Waals surface area contributed by atoms with Crippen LogP contribution in [0, 0.1) is 11.8 Å². The Balaban J connectivity index is 1.38. The lowest BCUT2D eigenvalue weighted by molar-refractivity contribution is -0.137. The molecule has 5 rings (SSSR count). The van der Waals surface area contributed by atoms with Gasteiger partial charge >= 0.3 is 6.18 Å². The molecule has 0 bridgehead atoms. The first-order valence-electron chi connectivity index (χ1n) is 9.07. The van der Waals surface area contributed by atoms with Gasteiger partial charge < -0.3 is 9.80 Å². The summed E-state index contributed by atoms with van der Waals surface area (Å²) in [5, 5.41) is 0.943. The number of hydrogen-bond donors (Lipinski definition) is 0. The molecule has 2 aliphatic heterocycles. The van der Waals surface area contributed by atoms with Crippen molar-refractivity contribution < 1.29 is 13.2 Å². The molecular formula is C19H17F3N6. The predicted octanol–water partition coefficient (Wildman–Crippen LogP) is 3.01. The van der Waals surface area contributed by atoms with Crippen molar-refractivity contribution in [2.75, 3.05) is 36.0 Å². The Kier molecular flexibility index (Phi) is 3.85. The SMILES string of the molecule is FC(F)(F)c1cccnc1N1CC2CN(c3ncnc4cnccc34)CC2C1. The lowest BCUT2D eigenvalue weighted by atomic mass is 10.0. The second-order valence-electron chi connectivity index (χ2n) is 7.29. The Labute approximate surface area is 159 Å². The molecular weight excluding hydrogens is 369 g/mol. The van der Waals surface area contributed by atoms with Crippen molar-refractivity contribution in [2.45, 2.75) is 6.18 Å². The van der Waals surface area contributed by atoms with Gasteiger partial charge in [0.25, 0.3) is 0 Å². The Morgan fingerprint density at radius 1 is 0.857 bits per heavy atom. The first kappa shape index (κ1) is 17.2. The van der Waals surface area contributed by atoms with Crippen molar-refractivity contribution in [3.8, 4) is 0 Å². The molecule has 5 heterocycles. The molecule has 3 aromatic rings. The lowest BCUT2D eigenvalue weighted by Crippen LogP contribution is -2.31. The van der Waals surface area contributed by atoms with Crippen LogP contribution in [-0.2, 0) is 6.18 Å². The Bertz CT molecular complexity index is 1000. The van der Waals surface area contributed by atoms with Crippen LogP contribution in [0.1, 0.15) is 5.56 Å². The van der Waals surface area contributed by atoms with Gasteiger partial charge in [-0.25, -0.2) is 15.0 Å². The average Bonchev–Trinajstić information content (AvgIpc) is 3.26. The quantitative estimate of drug-likeness (QED) is 0.675. The number of alkyl halides is 3. The first-order valence-corrected chi connectivity index (χ1v) is 9.07. The van der Waals surface area contributed by atoms with Crippen molar-refractivity contribution in [1.29, 1.82) is 0 Å². The molecule has 2 aliphatic rings. The van der Waals surface area contributed by atoms with Crippen molar-refractivity contribution in [3.05, 3.63) is 48.7 Å². The molecule has 2 saturated heterocycles. The predicted molar refractivity (Wildman–Crippen MR) is 98.0 cm³/mol. The highest BCUT2D eigenvalue weighted by Crippen LogP contribution is 2.40. The molecule has 9 heteroatoms. The summed E-state index contributed by atoms with van der Waals surface area (Å²) < 4.78 is 40.0. The van der Waals surface area contributed by atoms with E-state index in [9.17, 15) is 13.2 Å². The summed E-state index contributed by atoms with van der Waals surface area (Å²) in [7, 11) is 0. The zero-order chi connectivity index (χ0) is 19.3. The number of hydrogen-bond acceptors (Lipinski definition) is 6. The van der Waals surface area contributed by atoms with Crippen molar-refractivity contribution in [3.63, 3.8) is 0 Å². The molecule has 2 fully saturated rings. The minimum Gasteiger partial charge on any atom is -0.355 e. The van der Waals surface area contributed by atoms with E-state index in [1.165, 1.54) is 18.6 Å². The number of rotatable bonds is 2. The van der Waals surface area contributed by atoms with Gasteiger partial charge in [-0.15, -0.1) is 0 Å². The van der Waals surface area contributed by atoms with Crippen LogP contribution >= 0.6 is 0 Å². The van der Waals surface area contributed by atoms with E-state index < -0.39 is 11.7 Å². The van der Waals surface area contributed by atoms with Crippen molar-refractivity contribution >= 4 is 22.5 Å². The molecule has 2 unspecified atom stereocenters. The van der Waals surface area contributed by atoms with Crippen molar-refractivity contribution in [1.82, 2.24) is 19.9 Å². The van der Waals surface area contributed by atoms with Crippen molar-refractivity contribution in [2.24, 2.45) is 11.8 Å². The maximum absolute atomic E-state index is 13.3. The molecule has 2 atom stereocenters. The maximum Gasteiger partial charge on any atom is 0.419 e. The molecule has 0 aliphatic carbocycles. The molecule has 0 spiro atoms. The number of halogens is 3. The van der Waals surface area contributed by atoms with E-state index in [1.54, 1.807) is 17.3 Å². The third-order valence-electron chi connectivity index (χ3n) is 5.60. The smallest absolute Gasteiger partial charge is 0.355 e. The molecule has 0 saturated carbocycles. The van der Waals surface area contributed by atoms with Crippen LogP contribution in [0.2, 0.25) is 0 Å². The van der Waals surface area contributed by atoms with E-state index in [0.717, 1.165) is 35.9 Å². The van der Waals surface area contributed by atoms with Gasteiger partial charge in [-0.05, 0) is 18.2 Å². The molecule has 0 N–H and O–H groups in total. The second-order valence-corrected chi connectivity index (χ2v) is 7.29. The van der Waals surface area contributed by atoms with Crippen LogP contribution in [0.3, 0.4) is 0 Å². The molecule has 0 amide bonds. The normalized spacial score (nSPS) is 22.1. The molecule has 144 valence electrons. The summed E-state index contributed by atoms with van der Waals surface area (Å²) in [5.74, 6) is 1.45. The van der Waals surface area contributed by atoms with Gasteiger partial charge in [0.1, 0.15) is 18.0 Å². The summed E-state index contributed by atoms with van der Waals surface area (Å²) in [4.78, 5) is 20.8. The first-order chi connectivity index (χ1) is 13.5. The Hall–Kier alpha value is -2.97. The van der Waals surface area contributed by atoms with Gasteiger partial charge in [0.15, 0.2) is 0 Å². The second kappa shape index (κ2) is 6.29. The molecule has 28 heavy (non-hydrogen) atoms. The molecule has 3 aromatic heterocycles. The number of anilines is 2. The van der Waals surface area contributed by atoms with Gasteiger partial charge in [0.2, 0.25) is 0 Å². The third kappa shape index (κ3) is 2.81. The van der Waals surface area contributed by atoms with Gasteiger partial charge in [-0.1, -0.05) is 0 Å². The lowest BCUT2D eigenvalue weighted by Gasteiger charge is -2.25. The average molecular weight is 386 g/mol. The monoisotopic (exact) mass is 386 g/mol. The zero-order valence-corrected chi connectivity index (χ0v) is 14.8. The highest BCUT2D eigenvalue weighted by molar-refractivity contribution is 5.88. The number of nitrogens with zero attached hydrogens (tertiary/aromatic N) is 6. The third-order valence-corrected chi connectivity index (χ3v) is 5.60. The summed E-state index contributed by atoms with van der Waals surface area (Å²) in [6, 6.07) is 4.33. The standard InChI is InChI=1S/C19H17F3N6/c20-19(21,22)15-2-1-4-24-18(15)28-9-12-7-27(8-13(12)10-28)17-14-3-5-23-6-16(14)25-11-26-17/h1-6,11-13H,7-10H2. The Morgan fingerprint density at radius 2 is 1.57 bits per heavy atom. The Morgan fingerprint density at radius 3 is 2.29 bits per heavy atom. The van der Waals surface area contributed by atoms with Crippen LogP contribution in [0.5, 0.6) is 0 Å².